The molecular weight excluding hydrogens is 344 g/mol. The number of hydrogen-bond donors (Lipinski definition) is 2. The van der Waals surface area contributed by atoms with Crippen molar-refractivity contribution in [2.45, 2.75) is 32.2 Å². The van der Waals surface area contributed by atoms with Gasteiger partial charge in [0.25, 0.3) is 5.91 Å². The van der Waals surface area contributed by atoms with Gasteiger partial charge in [-0.2, -0.15) is 0 Å². The first-order valence-corrected chi connectivity index (χ1v) is 9.21. The van der Waals surface area contributed by atoms with E-state index < -0.39 is 0 Å². The van der Waals surface area contributed by atoms with E-state index in [-0.39, 0.29) is 30.9 Å². The van der Waals surface area contributed by atoms with E-state index in [1.54, 1.807) is 36.4 Å². The summed E-state index contributed by atoms with van der Waals surface area (Å²) in [6.45, 7) is 2.79. The van der Waals surface area contributed by atoms with Crippen molar-refractivity contribution in [2.24, 2.45) is 0 Å². The van der Waals surface area contributed by atoms with E-state index in [0.29, 0.717) is 23.6 Å². The molecule has 0 bridgehead atoms. The van der Waals surface area contributed by atoms with Gasteiger partial charge in [-0.15, -0.1) is 0 Å². The van der Waals surface area contributed by atoms with E-state index in [0.717, 1.165) is 18.6 Å². The second-order valence-electron chi connectivity index (χ2n) is 6.34. The van der Waals surface area contributed by atoms with Gasteiger partial charge >= 0.3 is 0 Å². The van der Waals surface area contributed by atoms with E-state index in [1.807, 2.05) is 19.1 Å². The van der Waals surface area contributed by atoms with Crippen molar-refractivity contribution < 1.29 is 19.1 Å². The molecule has 6 heteroatoms. The average Bonchev–Trinajstić information content (AvgIpc) is 3.48. The van der Waals surface area contributed by atoms with Crippen molar-refractivity contribution >= 4 is 17.5 Å². The third-order valence-electron chi connectivity index (χ3n) is 4.09. The summed E-state index contributed by atoms with van der Waals surface area (Å²) < 4.78 is 11.0. The fourth-order valence-corrected chi connectivity index (χ4v) is 2.55. The largest absolute Gasteiger partial charge is 0.494 e. The van der Waals surface area contributed by atoms with Crippen LogP contribution in [0.15, 0.2) is 48.5 Å². The van der Waals surface area contributed by atoms with Gasteiger partial charge < -0.3 is 20.1 Å². The Kier molecular flexibility index (Phi) is 6.30. The Morgan fingerprint density at radius 2 is 1.67 bits per heavy atom. The van der Waals surface area contributed by atoms with Gasteiger partial charge in [0.15, 0.2) is 0 Å². The van der Waals surface area contributed by atoms with Crippen LogP contribution < -0.4 is 20.1 Å². The van der Waals surface area contributed by atoms with Crippen LogP contribution in [0.4, 0.5) is 5.69 Å². The number of amides is 2. The summed E-state index contributed by atoms with van der Waals surface area (Å²) >= 11 is 0. The van der Waals surface area contributed by atoms with E-state index >= 15 is 0 Å². The average molecular weight is 368 g/mol. The third kappa shape index (κ3) is 5.74. The lowest BCUT2D eigenvalue weighted by molar-refractivity contribution is -0.116. The molecule has 0 heterocycles. The molecular formula is C21H24N2O4. The lowest BCUT2D eigenvalue weighted by Crippen LogP contribution is -2.27. The highest BCUT2D eigenvalue weighted by Gasteiger charge is 2.24. The van der Waals surface area contributed by atoms with E-state index in [1.165, 1.54) is 0 Å². The van der Waals surface area contributed by atoms with Crippen LogP contribution >= 0.6 is 0 Å². The molecule has 2 N–H and O–H groups in total. The molecule has 2 aromatic rings. The van der Waals surface area contributed by atoms with Crippen LogP contribution in [0.1, 0.15) is 36.5 Å². The normalized spacial score (nSPS) is 12.9. The molecule has 1 aliphatic rings. The van der Waals surface area contributed by atoms with Crippen molar-refractivity contribution in [3.05, 3.63) is 54.1 Å². The van der Waals surface area contributed by atoms with Gasteiger partial charge in [0, 0.05) is 6.04 Å². The number of rotatable bonds is 9. The lowest BCUT2D eigenvalue weighted by atomic mass is 10.1. The zero-order valence-electron chi connectivity index (χ0n) is 15.4. The molecule has 2 amide bonds. The summed E-state index contributed by atoms with van der Waals surface area (Å²) in [6.07, 6.45) is 2.22. The van der Waals surface area contributed by atoms with Crippen molar-refractivity contribution in [1.82, 2.24) is 5.32 Å². The maximum Gasteiger partial charge on any atom is 0.253 e. The Bertz CT molecular complexity index is 785. The molecule has 27 heavy (non-hydrogen) atoms. The minimum atomic E-state index is -0.201. The van der Waals surface area contributed by atoms with Gasteiger partial charge in [-0.3, -0.25) is 9.59 Å². The fraction of sp³-hybridized carbons (Fsp3) is 0.333. The highest BCUT2D eigenvalue weighted by molar-refractivity contribution is 6.03. The molecule has 0 radical (unpaired) electrons. The van der Waals surface area contributed by atoms with Gasteiger partial charge in [-0.05, 0) is 56.2 Å². The van der Waals surface area contributed by atoms with Crippen molar-refractivity contribution in [2.75, 3.05) is 18.5 Å². The first-order valence-electron chi connectivity index (χ1n) is 9.21. The summed E-state index contributed by atoms with van der Waals surface area (Å²) in [6, 6.07) is 14.6. The molecule has 1 aliphatic carbocycles. The summed E-state index contributed by atoms with van der Waals surface area (Å²) in [5.74, 6) is 1.10. The zero-order valence-corrected chi connectivity index (χ0v) is 15.4. The molecule has 0 atom stereocenters. The highest BCUT2D eigenvalue weighted by Crippen LogP contribution is 2.22. The van der Waals surface area contributed by atoms with E-state index in [2.05, 4.69) is 10.6 Å². The fourth-order valence-electron chi connectivity index (χ4n) is 2.55. The Balaban J connectivity index is 1.48. The van der Waals surface area contributed by atoms with Crippen LogP contribution in [-0.4, -0.2) is 31.1 Å². The van der Waals surface area contributed by atoms with Crippen LogP contribution in [0.2, 0.25) is 0 Å². The van der Waals surface area contributed by atoms with Crippen LogP contribution in [-0.2, 0) is 4.79 Å². The first kappa shape index (κ1) is 18.8. The highest BCUT2D eigenvalue weighted by atomic mass is 16.5. The number of hydrogen-bond acceptors (Lipinski definition) is 4. The molecule has 3 rings (SSSR count). The third-order valence-corrected chi connectivity index (χ3v) is 4.09. The van der Waals surface area contributed by atoms with Crippen LogP contribution in [0, 0.1) is 0 Å². The minimum Gasteiger partial charge on any atom is -0.494 e. The Hall–Kier alpha value is -3.02. The summed E-state index contributed by atoms with van der Waals surface area (Å²) in [5, 5.41) is 5.73. The van der Waals surface area contributed by atoms with Gasteiger partial charge in [0.2, 0.25) is 5.91 Å². The van der Waals surface area contributed by atoms with Crippen LogP contribution in [0.3, 0.4) is 0 Å². The second kappa shape index (κ2) is 9.07. The SMILES string of the molecule is CCOc1ccc(OCCC(=O)Nc2ccccc2C(=O)NC2CC2)cc1. The zero-order chi connectivity index (χ0) is 19.1. The van der Waals surface area contributed by atoms with Gasteiger partial charge in [0.1, 0.15) is 11.5 Å². The van der Waals surface area contributed by atoms with Crippen molar-refractivity contribution in [3.8, 4) is 11.5 Å². The van der Waals surface area contributed by atoms with E-state index in [4.69, 9.17) is 9.47 Å². The predicted molar refractivity (Wildman–Crippen MR) is 103 cm³/mol. The summed E-state index contributed by atoms with van der Waals surface area (Å²) in [4.78, 5) is 24.5. The van der Waals surface area contributed by atoms with Gasteiger partial charge in [-0.25, -0.2) is 0 Å². The van der Waals surface area contributed by atoms with E-state index in [9.17, 15) is 9.59 Å². The number of ether oxygens (including phenoxy) is 2. The van der Waals surface area contributed by atoms with Gasteiger partial charge in [-0.1, -0.05) is 12.1 Å². The van der Waals surface area contributed by atoms with Crippen molar-refractivity contribution in [3.63, 3.8) is 0 Å². The molecule has 1 fully saturated rings. The number of nitrogens with one attached hydrogen (secondary N) is 2. The topological polar surface area (TPSA) is 76.7 Å². The molecule has 0 saturated heterocycles. The first-order chi connectivity index (χ1) is 13.2. The smallest absolute Gasteiger partial charge is 0.253 e. The minimum absolute atomic E-state index is 0.154. The molecule has 6 nitrogen and oxygen atoms in total. The molecule has 1 saturated carbocycles. The number of benzene rings is 2. The monoisotopic (exact) mass is 368 g/mol. The summed E-state index contributed by atoms with van der Waals surface area (Å²) in [7, 11) is 0. The predicted octanol–water partition coefficient (Wildman–Crippen LogP) is 3.39. The quantitative estimate of drug-likeness (QED) is 0.711. The number of para-hydroxylation sites is 1. The second-order valence-corrected chi connectivity index (χ2v) is 6.34. The molecule has 0 spiro atoms. The molecule has 2 aromatic carbocycles. The number of carbonyl (C=O) groups excluding carboxylic acids is 2. The van der Waals surface area contributed by atoms with Crippen molar-refractivity contribution in [1.29, 1.82) is 0 Å². The molecule has 0 aromatic heterocycles. The molecule has 0 unspecified atom stereocenters. The number of carbonyl (C=O) groups is 2. The standard InChI is InChI=1S/C21H24N2O4/c1-2-26-16-9-11-17(12-10-16)27-14-13-20(24)23-19-6-4-3-5-18(19)21(25)22-15-7-8-15/h3-6,9-12,15H,2,7-8,13-14H2,1H3,(H,22,25)(H,23,24). The van der Waals surface area contributed by atoms with Crippen LogP contribution in [0.25, 0.3) is 0 Å². The number of anilines is 1. The Labute approximate surface area is 158 Å². The lowest BCUT2D eigenvalue weighted by Gasteiger charge is -2.12. The summed E-state index contributed by atoms with van der Waals surface area (Å²) in [5.41, 5.74) is 0.992. The van der Waals surface area contributed by atoms with Gasteiger partial charge in [0.05, 0.1) is 30.9 Å². The van der Waals surface area contributed by atoms with Crippen LogP contribution in [0.5, 0.6) is 11.5 Å². The maximum atomic E-state index is 12.3. The molecule has 0 aliphatic heterocycles. The molecule has 142 valence electrons. The Morgan fingerprint density at radius 1 is 1.00 bits per heavy atom. The maximum absolute atomic E-state index is 12.3. The Morgan fingerprint density at radius 3 is 2.33 bits per heavy atom.